The number of hydrogen-bond donors (Lipinski definition) is 1. The SMILES string of the molecule is O=C(COc1ccc2c(c1)[nH]c1ccccc12)N1CCOCC1. The summed E-state index contributed by atoms with van der Waals surface area (Å²) in [6.07, 6.45) is 0. The topological polar surface area (TPSA) is 54.6 Å². The molecule has 2 heterocycles. The summed E-state index contributed by atoms with van der Waals surface area (Å²) < 4.78 is 10.9. The number of rotatable bonds is 3. The fraction of sp³-hybridized carbons (Fsp3) is 0.278. The zero-order valence-electron chi connectivity index (χ0n) is 12.7. The Balaban J connectivity index is 1.50. The summed E-state index contributed by atoms with van der Waals surface area (Å²) in [5.74, 6) is 0.704. The number of H-pyrrole nitrogens is 1. The molecule has 0 radical (unpaired) electrons. The van der Waals surface area contributed by atoms with Gasteiger partial charge in [-0.3, -0.25) is 4.79 Å². The number of hydrogen-bond acceptors (Lipinski definition) is 3. The molecule has 0 bridgehead atoms. The zero-order valence-corrected chi connectivity index (χ0v) is 12.7. The molecule has 1 fully saturated rings. The third-order valence-electron chi connectivity index (χ3n) is 4.20. The second-order valence-corrected chi connectivity index (χ2v) is 5.66. The molecule has 1 aliphatic heterocycles. The third-order valence-corrected chi connectivity index (χ3v) is 4.20. The number of carbonyl (C=O) groups is 1. The Labute approximate surface area is 133 Å². The van der Waals surface area contributed by atoms with Crippen LogP contribution in [0, 0.1) is 0 Å². The lowest BCUT2D eigenvalue weighted by atomic mass is 10.1. The van der Waals surface area contributed by atoms with Crippen LogP contribution in [-0.2, 0) is 9.53 Å². The van der Waals surface area contributed by atoms with Crippen molar-refractivity contribution in [2.75, 3.05) is 32.9 Å². The molecule has 0 atom stereocenters. The highest BCUT2D eigenvalue weighted by Gasteiger charge is 2.17. The van der Waals surface area contributed by atoms with E-state index in [0.717, 1.165) is 16.4 Å². The largest absolute Gasteiger partial charge is 0.484 e. The van der Waals surface area contributed by atoms with Crippen LogP contribution in [-0.4, -0.2) is 48.7 Å². The predicted molar refractivity (Wildman–Crippen MR) is 88.7 cm³/mol. The van der Waals surface area contributed by atoms with Gasteiger partial charge < -0.3 is 19.4 Å². The lowest BCUT2D eigenvalue weighted by molar-refractivity contribution is -0.137. The fourth-order valence-corrected chi connectivity index (χ4v) is 2.97. The van der Waals surface area contributed by atoms with Crippen molar-refractivity contribution >= 4 is 27.7 Å². The molecule has 118 valence electrons. The van der Waals surface area contributed by atoms with E-state index in [-0.39, 0.29) is 12.5 Å². The number of aromatic amines is 1. The standard InChI is InChI=1S/C18H18N2O3/c21-18(20-7-9-22-10-8-20)12-23-13-5-6-15-14-3-1-2-4-16(14)19-17(15)11-13/h1-6,11,19H,7-10,12H2. The van der Waals surface area contributed by atoms with Crippen molar-refractivity contribution in [3.8, 4) is 5.75 Å². The number of para-hydroxylation sites is 1. The van der Waals surface area contributed by atoms with Gasteiger partial charge in [0.2, 0.25) is 0 Å². The first-order valence-electron chi connectivity index (χ1n) is 7.80. The van der Waals surface area contributed by atoms with Crippen LogP contribution in [0.5, 0.6) is 5.75 Å². The molecule has 5 nitrogen and oxygen atoms in total. The van der Waals surface area contributed by atoms with Gasteiger partial charge in [-0.25, -0.2) is 0 Å². The van der Waals surface area contributed by atoms with E-state index in [4.69, 9.17) is 9.47 Å². The van der Waals surface area contributed by atoms with Crippen LogP contribution in [0.4, 0.5) is 0 Å². The number of morpholine rings is 1. The van der Waals surface area contributed by atoms with Crippen molar-refractivity contribution in [1.82, 2.24) is 9.88 Å². The summed E-state index contributed by atoms with van der Waals surface area (Å²) in [6, 6.07) is 14.1. The van der Waals surface area contributed by atoms with Gasteiger partial charge in [-0.05, 0) is 18.2 Å². The average molecular weight is 310 g/mol. The molecule has 1 N–H and O–H groups in total. The van der Waals surface area contributed by atoms with Crippen molar-refractivity contribution in [2.45, 2.75) is 0 Å². The minimum absolute atomic E-state index is 0.00467. The Morgan fingerprint density at radius 1 is 1.09 bits per heavy atom. The van der Waals surface area contributed by atoms with Crippen LogP contribution in [0.2, 0.25) is 0 Å². The number of benzene rings is 2. The lowest BCUT2D eigenvalue weighted by Gasteiger charge is -2.26. The maximum atomic E-state index is 12.1. The number of aromatic nitrogens is 1. The molecule has 0 saturated carbocycles. The van der Waals surface area contributed by atoms with Gasteiger partial charge in [-0.2, -0.15) is 0 Å². The molecule has 0 aliphatic carbocycles. The van der Waals surface area contributed by atoms with Crippen molar-refractivity contribution in [2.24, 2.45) is 0 Å². The molecule has 2 aromatic carbocycles. The summed E-state index contributed by atoms with van der Waals surface area (Å²) in [7, 11) is 0. The Bertz CT molecular complexity index is 850. The molecule has 4 rings (SSSR count). The second-order valence-electron chi connectivity index (χ2n) is 5.66. The van der Waals surface area contributed by atoms with Crippen molar-refractivity contribution in [3.05, 3.63) is 42.5 Å². The van der Waals surface area contributed by atoms with Gasteiger partial charge in [0, 0.05) is 35.4 Å². The number of amides is 1. The predicted octanol–water partition coefficient (Wildman–Crippen LogP) is 2.56. The van der Waals surface area contributed by atoms with Crippen LogP contribution in [0.1, 0.15) is 0 Å². The maximum Gasteiger partial charge on any atom is 0.260 e. The van der Waals surface area contributed by atoms with Crippen molar-refractivity contribution < 1.29 is 14.3 Å². The van der Waals surface area contributed by atoms with E-state index in [2.05, 4.69) is 17.1 Å². The molecule has 1 amide bonds. The first-order chi connectivity index (χ1) is 11.3. The minimum atomic E-state index is 0.00467. The van der Waals surface area contributed by atoms with Crippen LogP contribution < -0.4 is 4.74 Å². The van der Waals surface area contributed by atoms with Gasteiger partial charge in [0.1, 0.15) is 5.75 Å². The molecule has 5 heteroatoms. The Hall–Kier alpha value is -2.53. The van der Waals surface area contributed by atoms with E-state index in [9.17, 15) is 4.79 Å². The van der Waals surface area contributed by atoms with E-state index in [0.29, 0.717) is 32.1 Å². The maximum absolute atomic E-state index is 12.1. The Morgan fingerprint density at radius 3 is 2.74 bits per heavy atom. The number of carbonyl (C=O) groups excluding carboxylic acids is 1. The van der Waals surface area contributed by atoms with Crippen LogP contribution >= 0.6 is 0 Å². The quantitative estimate of drug-likeness (QED) is 0.809. The van der Waals surface area contributed by atoms with Gasteiger partial charge in [0.05, 0.1) is 18.7 Å². The molecule has 3 aromatic rings. The van der Waals surface area contributed by atoms with E-state index in [1.54, 1.807) is 4.90 Å². The smallest absolute Gasteiger partial charge is 0.260 e. The molecular formula is C18H18N2O3. The third kappa shape index (κ3) is 2.75. The number of nitrogens with zero attached hydrogens (tertiary/aromatic N) is 1. The highest BCUT2D eigenvalue weighted by atomic mass is 16.5. The summed E-state index contributed by atoms with van der Waals surface area (Å²) >= 11 is 0. The average Bonchev–Trinajstić information content (AvgIpc) is 2.98. The normalized spacial score (nSPS) is 15.2. The fourth-order valence-electron chi connectivity index (χ4n) is 2.97. The summed E-state index contributed by atoms with van der Waals surface area (Å²) in [5.41, 5.74) is 2.12. The second kappa shape index (κ2) is 5.93. The van der Waals surface area contributed by atoms with E-state index in [1.807, 2.05) is 30.3 Å². The number of ether oxygens (including phenoxy) is 2. The number of nitrogens with one attached hydrogen (secondary N) is 1. The lowest BCUT2D eigenvalue weighted by Crippen LogP contribution is -2.42. The van der Waals surface area contributed by atoms with E-state index >= 15 is 0 Å². The summed E-state index contributed by atoms with van der Waals surface area (Å²) in [4.78, 5) is 17.3. The van der Waals surface area contributed by atoms with Crippen LogP contribution in [0.15, 0.2) is 42.5 Å². The Morgan fingerprint density at radius 2 is 1.87 bits per heavy atom. The van der Waals surface area contributed by atoms with Gasteiger partial charge in [0.15, 0.2) is 6.61 Å². The monoisotopic (exact) mass is 310 g/mol. The van der Waals surface area contributed by atoms with E-state index < -0.39 is 0 Å². The summed E-state index contributed by atoms with van der Waals surface area (Å²) in [6.45, 7) is 2.55. The van der Waals surface area contributed by atoms with E-state index in [1.165, 1.54) is 5.39 Å². The molecule has 0 spiro atoms. The minimum Gasteiger partial charge on any atom is -0.484 e. The molecule has 0 unspecified atom stereocenters. The molecule has 23 heavy (non-hydrogen) atoms. The van der Waals surface area contributed by atoms with Gasteiger partial charge in [-0.15, -0.1) is 0 Å². The zero-order chi connectivity index (χ0) is 15.6. The summed E-state index contributed by atoms with van der Waals surface area (Å²) in [5, 5.41) is 2.35. The highest BCUT2D eigenvalue weighted by molar-refractivity contribution is 6.07. The first kappa shape index (κ1) is 14.1. The van der Waals surface area contributed by atoms with Crippen LogP contribution in [0.3, 0.4) is 0 Å². The van der Waals surface area contributed by atoms with Gasteiger partial charge >= 0.3 is 0 Å². The highest BCUT2D eigenvalue weighted by Crippen LogP contribution is 2.28. The van der Waals surface area contributed by atoms with Crippen molar-refractivity contribution in [1.29, 1.82) is 0 Å². The molecule has 1 saturated heterocycles. The van der Waals surface area contributed by atoms with Crippen molar-refractivity contribution in [3.63, 3.8) is 0 Å². The van der Waals surface area contributed by atoms with Gasteiger partial charge in [0.25, 0.3) is 5.91 Å². The number of fused-ring (bicyclic) bond motifs is 3. The first-order valence-corrected chi connectivity index (χ1v) is 7.80. The van der Waals surface area contributed by atoms with Gasteiger partial charge in [-0.1, -0.05) is 18.2 Å². The van der Waals surface area contributed by atoms with Crippen LogP contribution in [0.25, 0.3) is 21.8 Å². The molecule has 1 aromatic heterocycles. The molecular weight excluding hydrogens is 292 g/mol. The molecule has 1 aliphatic rings. The Kier molecular flexibility index (Phi) is 3.63.